The minimum atomic E-state index is -0.285. The Kier molecular flexibility index (Phi) is 6.09. The molecule has 1 aliphatic rings. The fraction of sp³-hybridized carbons (Fsp3) is 0.929. The summed E-state index contributed by atoms with van der Waals surface area (Å²) in [4.78, 5) is 11.8. The lowest BCUT2D eigenvalue weighted by Gasteiger charge is -2.28. The number of nitrogens with two attached hydrogens (primary N) is 1. The molecule has 4 heteroatoms. The normalized spacial score (nSPS) is 24.9. The highest BCUT2D eigenvalue weighted by Gasteiger charge is 2.23. The fourth-order valence-electron chi connectivity index (χ4n) is 2.39. The van der Waals surface area contributed by atoms with E-state index in [1.54, 1.807) is 7.11 Å². The summed E-state index contributed by atoms with van der Waals surface area (Å²) in [6, 6.07) is 0. The maximum Gasteiger partial charge on any atom is 0.220 e. The summed E-state index contributed by atoms with van der Waals surface area (Å²) in [6.45, 7) is 5.31. The largest absolute Gasteiger partial charge is 0.377 e. The van der Waals surface area contributed by atoms with Gasteiger partial charge in [-0.05, 0) is 57.9 Å². The van der Waals surface area contributed by atoms with Crippen molar-refractivity contribution in [1.29, 1.82) is 0 Å². The van der Waals surface area contributed by atoms with Gasteiger partial charge in [-0.2, -0.15) is 0 Å². The molecule has 106 valence electrons. The summed E-state index contributed by atoms with van der Waals surface area (Å²) in [5.41, 5.74) is 5.38. The zero-order valence-electron chi connectivity index (χ0n) is 12.0. The first-order valence-electron chi connectivity index (χ1n) is 6.98. The van der Waals surface area contributed by atoms with E-state index in [9.17, 15) is 4.79 Å². The maximum atomic E-state index is 11.8. The summed E-state index contributed by atoms with van der Waals surface area (Å²) < 4.78 is 5.28. The summed E-state index contributed by atoms with van der Waals surface area (Å²) in [7, 11) is 1.67. The predicted molar refractivity (Wildman–Crippen MR) is 73.2 cm³/mol. The van der Waals surface area contributed by atoms with E-state index in [1.807, 2.05) is 13.8 Å². The quantitative estimate of drug-likeness (QED) is 0.760. The van der Waals surface area contributed by atoms with E-state index in [0.717, 1.165) is 19.4 Å². The number of rotatable bonds is 6. The van der Waals surface area contributed by atoms with Gasteiger partial charge in [0, 0.05) is 20.1 Å². The summed E-state index contributed by atoms with van der Waals surface area (Å²) >= 11 is 0. The van der Waals surface area contributed by atoms with E-state index in [2.05, 4.69) is 5.32 Å². The Morgan fingerprint density at radius 3 is 2.33 bits per heavy atom. The number of amides is 1. The van der Waals surface area contributed by atoms with E-state index < -0.39 is 0 Å². The smallest absolute Gasteiger partial charge is 0.220 e. The molecule has 1 rings (SSSR count). The summed E-state index contributed by atoms with van der Waals surface area (Å²) in [5.74, 6) is 1.37. The van der Waals surface area contributed by atoms with Crippen LogP contribution in [-0.4, -0.2) is 31.7 Å². The van der Waals surface area contributed by atoms with Crippen LogP contribution in [0.3, 0.4) is 0 Å². The molecule has 0 heterocycles. The first-order valence-corrected chi connectivity index (χ1v) is 6.98. The van der Waals surface area contributed by atoms with Crippen LogP contribution in [0.1, 0.15) is 46.0 Å². The standard InChI is InChI=1S/C14H28N2O2/c1-14(2,18-3)10-16-13(17)8-11-4-6-12(9-15)7-5-11/h11-12H,4-10,15H2,1-3H3,(H,16,17). The molecule has 0 atom stereocenters. The minimum absolute atomic E-state index is 0.149. The Hall–Kier alpha value is -0.610. The average molecular weight is 256 g/mol. The second-order valence-corrected chi connectivity index (χ2v) is 6.07. The minimum Gasteiger partial charge on any atom is -0.377 e. The topological polar surface area (TPSA) is 64.3 Å². The van der Waals surface area contributed by atoms with Crippen molar-refractivity contribution in [3.63, 3.8) is 0 Å². The SMILES string of the molecule is COC(C)(C)CNC(=O)CC1CCC(CN)CC1. The van der Waals surface area contributed by atoms with Gasteiger partial charge in [0.2, 0.25) is 5.91 Å². The maximum absolute atomic E-state index is 11.8. The molecule has 0 spiro atoms. The Morgan fingerprint density at radius 2 is 1.83 bits per heavy atom. The number of hydrogen-bond donors (Lipinski definition) is 2. The van der Waals surface area contributed by atoms with Gasteiger partial charge in [-0.3, -0.25) is 4.79 Å². The van der Waals surface area contributed by atoms with Gasteiger partial charge in [0.15, 0.2) is 0 Å². The van der Waals surface area contributed by atoms with Crippen LogP contribution in [0.25, 0.3) is 0 Å². The van der Waals surface area contributed by atoms with Crippen LogP contribution >= 0.6 is 0 Å². The van der Waals surface area contributed by atoms with Crippen LogP contribution in [0.2, 0.25) is 0 Å². The first-order chi connectivity index (χ1) is 8.46. The van der Waals surface area contributed by atoms with Gasteiger partial charge in [-0.25, -0.2) is 0 Å². The molecule has 4 nitrogen and oxygen atoms in total. The Balaban J connectivity index is 2.21. The number of carbonyl (C=O) groups excluding carboxylic acids is 1. The molecule has 0 aromatic heterocycles. The first kappa shape index (κ1) is 15.4. The predicted octanol–water partition coefficient (Wildman–Crippen LogP) is 1.68. The van der Waals surface area contributed by atoms with Gasteiger partial charge in [0.05, 0.1) is 5.60 Å². The molecule has 0 radical (unpaired) electrons. The van der Waals surface area contributed by atoms with Crippen LogP contribution < -0.4 is 11.1 Å². The van der Waals surface area contributed by atoms with Crippen molar-refractivity contribution < 1.29 is 9.53 Å². The third kappa shape index (κ3) is 5.36. The average Bonchev–Trinajstić information content (AvgIpc) is 2.37. The zero-order chi connectivity index (χ0) is 13.6. The van der Waals surface area contributed by atoms with Crippen molar-refractivity contribution in [3.8, 4) is 0 Å². The van der Waals surface area contributed by atoms with Crippen molar-refractivity contribution in [2.24, 2.45) is 17.6 Å². The molecule has 0 bridgehead atoms. The van der Waals surface area contributed by atoms with E-state index in [-0.39, 0.29) is 11.5 Å². The molecule has 0 saturated heterocycles. The van der Waals surface area contributed by atoms with Gasteiger partial charge in [-0.1, -0.05) is 0 Å². The lowest BCUT2D eigenvalue weighted by atomic mass is 9.80. The summed E-state index contributed by atoms with van der Waals surface area (Å²) in [5, 5.41) is 2.96. The zero-order valence-corrected chi connectivity index (χ0v) is 12.0. The molecule has 0 unspecified atom stereocenters. The third-order valence-electron chi connectivity index (χ3n) is 4.04. The molecule has 0 aromatic rings. The van der Waals surface area contributed by atoms with Gasteiger partial charge in [0.25, 0.3) is 0 Å². The van der Waals surface area contributed by atoms with Crippen LogP contribution in [-0.2, 0) is 9.53 Å². The van der Waals surface area contributed by atoms with Crippen LogP contribution in [0.15, 0.2) is 0 Å². The molecule has 0 aliphatic heterocycles. The highest BCUT2D eigenvalue weighted by molar-refractivity contribution is 5.76. The second-order valence-electron chi connectivity index (χ2n) is 6.07. The van der Waals surface area contributed by atoms with E-state index in [0.29, 0.717) is 24.8 Å². The van der Waals surface area contributed by atoms with Gasteiger partial charge < -0.3 is 15.8 Å². The Bertz CT molecular complexity index is 259. The molecular weight excluding hydrogens is 228 g/mol. The number of nitrogens with one attached hydrogen (secondary N) is 1. The van der Waals surface area contributed by atoms with Crippen LogP contribution in [0.5, 0.6) is 0 Å². The van der Waals surface area contributed by atoms with Crippen molar-refractivity contribution in [2.45, 2.75) is 51.6 Å². The Morgan fingerprint density at radius 1 is 1.28 bits per heavy atom. The van der Waals surface area contributed by atoms with Gasteiger partial charge in [-0.15, -0.1) is 0 Å². The lowest BCUT2D eigenvalue weighted by Crippen LogP contribution is -2.40. The molecule has 0 aromatic carbocycles. The molecule has 1 saturated carbocycles. The molecular formula is C14H28N2O2. The van der Waals surface area contributed by atoms with Crippen LogP contribution in [0, 0.1) is 11.8 Å². The lowest BCUT2D eigenvalue weighted by molar-refractivity contribution is -0.123. The van der Waals surface area contributed by atoms with Crippen molar-refractivity contribution in [2.75, 3.05) is 20.2 Å². The molecule has 1 amide bonds. The fourth-order valence-corrected chi connectivity index (χ4v) is 2.39. The van der Waals surface area contributed by atoms with Crippen LogP contribution in [0.4, 0.5) is 0 Å². The van der Waals surface area contributed by atoms with Gasteiger partial charge in [0.1, 0.15) is 0 Å². The highest BCUT2D eigenvalue weighted by atomic mass is 16.5. The number of hydrogen-bond acceptors (Lipinski definition) is 3. The van der Waals surface area contributed by atoms with E-state index >= 15 is 0 Å². The van der Waals surface area contributed by atoms with Crippen molar-refractivity contribution in [1.82, 2.24) is 5.32 Å². The van der Waals surface area contributed by atoms with Crippen molar-refractivity contribution in [3.05, 3.63) is 0 Å². The molecule has 1 aliphatic carbocycles. The number of carbonyl (C=O) groups is 1. The van der Waals surface area contributed by atoms with Gasteiger partial charge >= 0.3 is 0 Å². The third-order valence-corrected chi connectivity index (χ3v) is 4.04. The summed E-state index contributed by atoms with van der Waals surface area (Å²) in [6.07, 6.45) is 5.29. The molecule has 3 N–H and O–H groups in total. The van der Waals surface area contributed by atoms with E-state index in [1.165, 1.54) is 12.8 Å². The van der Waals surface area contributed by atoms with E-state index in [4.69, 9.17) is 10.5 Å². The highest BCUT2D eigenvalue weighted by Crippen LogP contribution is 2.30. The monoisotopic (exact) mass is 256 g/mol. The Labute approximate surface area is 111 Å². The van der Waals surface area contributed by atoms with Crippen molar-refractivity contribution >= 4 is 5.91 Å². The second kappa shape index (κ2) is 7.10. The number of ether oxygens (including phenoxy) is 1. The molecule has 1 fully saturated rings. The number of methoxy groups -OCH3 is 1. The molecule has 18 heavy (non-hydrogen) atoms.